The van der Waals surface area contributed by atoms with E-state index in [2.05, 4.69) is 54.4 Å². The molecule has 1 aromatic carbocycles. The van der Waals surface area contributed by atoms with Crippen molar-refractivity contribution in [2.75, 3.05) is 25.0 Å². The lowest BCUT2D eigenvalue weighted by molar-refractivity contribution is 0.647. The van der Waals surface area contributed by atoms with E-state index in [4.69, 9.17) is 5.26 Å². The molecule has 0 saturated heterocycles. The summed E-state index contributed by atoms with van der Waals surface area (Å²) in [5.41, 5.74) is 2.52. The Hall–Kier alpha value is -1.53. The third-order valence-corrected chi connectivity index (χ3v) is 3.05. The summed E-state index contributed by atoms with van der Waals surface area (Å²) in [6.07, 6.45) is 0.566. The SMILES string of the molecule is CCN(CCC#N)c1ccccc1C(C)NC. The second-order valence-corrected chi connectivity index (χ2v) is 4.06. The zero-order valence-electron chi connectivity index (χ0n) is 10.9. The Labute approximate surface area is 104 Å². The first-order valence-electron chi connectivity index (χ1n) is 6.12. The van der Waals surface area contributed by atoms with Gasteiger partial charge in [0.15, 0.2) is 0 Å². The fourth-order valence-electron chi connectivity index (χ4n) is 1.93. The maximum Gasteiger partial charge on any atom is 0.0640 e. The van der Waals surface area contributed by atoms with Crippen molar-refractivity contribution in [2.24, 2.45) is 0 Å². The fraction of sp³-hybridized carbons (Fsp3) is 0.500. The first kappa shape index (κ1) is 13.5. The van der Waals surface area contributed by atoms with Crippen LogP contribution in [0, 0.1) is 11.3 Å². The summed E-state index contributed by atoms with van der Waals surface area (Å²) in [6.45, 7) is 5.99. The number of nitriles is 1. The summed E-state index contributed by atoms with van der Waals surface area (Å²) >= 11 is 0. The number of nitrogens with one attached hydrogen (secondary N) is 1. The number of hydrogen-bond donors (Lipinski definition) is 1. The molecule has 3 heteroatoms. The molecule has 0 radical (unpaired) electrons. The van der Waals surface area contributed by atoms with Gasteiger partial charge in [0.2, 0.25) is 0 Å². The van der Waals surface area contributed by atoms with Crippen LogP contribution in [-0.4, -0.2) is 20.1 Å². The van der Waals surface area contributed by atoms with Gasteiger partial charge in [-0.1, -0.05) is 18.2 Å². The van der Waals surface area contributed by atoms with Gasteiger partial charge in [-0.15, -0.1) is 0 Å². The molecule has 0 fully saturated rings. The number of para-hydroxylation sites is 1. The van der Waals surface area contributed by atoms with Crippen LogP contribution in [0.25, 0.3) is 0 Å². The van der Waals surface area contributed by atoms with E-state index < -0.39 is 0 Å². The summed E-state index contributed by atoms with van der Waals surface area (Å²) in [5, 5.41) is 12.0. The van der Waals surface area contributed by atoms with Gasteiger partial charge in [0, 0.05) is 24.8 Å². The van der Waals surface area contributed by atoms with Crippen LogP contribution < -0.4 is 10.2 Å². The van der Waals surface area contributed by atoms with E-state index in [0.29, 0.717) is 12.5 Å². The van der Waals surface area contributed by atoms with Crippen LogP contribution in [0.1, 0.15) is 31.9 Å². The highest BCUT2D eigenvalue weighted by atomic mass is 15.1. The van der Waals surface area contributed by atoms with Crippen LogP contribution in [0.15, 0.2) is 24.3 Å². The second kappa shape index (κ2) is 6.93. The zero-order chi connectivity index (χ0) is 12.7. The van der Waals surface area contributed by atoms with Gasteiger partial charge in [-0.3, -0.25) is 0 Å². The van der Waals surface area contributed by atoms with E-state index in [0.717, 1.165) is 13.1 Å². The van der Waals surface area contributed by atoms with Gasteiger partial charge in [-0.05, 0) is 32.5 Å². The Morgan fingerprint density at radius 2 is 2.12 bits per heavy atom. The van der Waals surface area contributed by atoms with Crippen molar-refractivity contribution < 1.29 is 0 Å². The van der Waals surface area contributed by atoms with Gasteiger partial charge in [-0.25, -0.2) is 0 Å². The first-order valence-corrected chi connectivity index (χ1v) is 6.12. The van der Waals surface area contributed by atoms with E-state index in [1.165, 1.54) is 11.3 Å². The minimum Gasteiger partial charge on any atom is -0.371 e. The van der Waals surface area contributed by atoms with E-state index in [9.17, 15) is 0 Å². The van der Waals surface area contributed by atoms with E-state index >= 15 is 0 Å². The normalized spacial score (nSPS) is 11.9. The smallest absolute Gasteiger partial charge is 0.0640 e. The molecular formula is C14H21N3. The average molecular weight is 231 g/mol. The summed E-state index contributed by atoms with van der Waals surface area (Å²) in [4.78, 5) is 2.26. The summed E-state index contributed by atoms with van der Waals surface area (Å²) in [6, 6.07) is 10.9. The second-order valence-electron chi connectivity index (χ2n) is 4.06. The average Bonchev–Trinajstić information content (AvgIpc) is 2.39. The molecule has 1 atom stereocenters. The van der Waals surface area contributed by atoms with Gasteiger partial charge in [0.05, 0.1) is 12.5 Å². The number of nitrogens with zero attached hydrogens (tertiary/aromatic N) is 2. The molecule has 1 rings (SSSR count). The minimum atomic E-state index is 0.322. The molecule has 0 heterocycles. The van der Waals surface area contributed by atoms with Crippen LogP contribution >= 0.6 is 0 Å². The fourth-order valence-corrected chi connectivity index (χ4v) is 1.93. The number of anilines is 1. The van der Waals surface area contributed by atoms with Crippen LogP contribution in [0.3, 0.4) is 0 Å². The van der Waals surface area contributed by atoms with E-state index in [1.54, 1.807) is 0 Å². The third-order valence-electron chi connectivity index (χ3n) is 3.05. The molecule has 17 heavy (non-hydrogen) atoms. The van der Waals surface area contributed by atoms with E-state index in [-0.39, 0.29) is 0 Å². The quantitative estimate of drug-likeness (QED) is 0.818. The lowest BCUT2D eigenvalue weighted by Gasteiger charge is -2.27. The summed E-state index contributed by atoms with van der Waals surface area (Å²) in [7, 11) is 1.97. The maximum atomic E-state index is 8.69. The standard InChI is InChI=1S/C14H21N3/c1-4-17(11-7-10-15)14-9-6-5-8-13(14)12(2)16-3/h5-6,8-9,12,16H,4,7,11H2,1-3H3. The molecule has 1 aromatic rings. The molecule has 0 spiro atoms. The van der Waals surface area contributed by atoms with Gasteiger partial charge in [-0.2, -0.15) is 5.26 Å². The largest absolute Gasteiger partial charge is 0.371 e. The third kappa shape index (κ3) is 3.47. The Kier molecular flexibility index (Phi) is 5.51. The van der Waals surface area contributed by atoms with Crippen molar-refractivity contribution in [1.82, 2.24) is 5.32 Å². The monoisotopic (exact) mass is 231 g/mol. The first-order chi connectivity index (χ1) is 8.24. The van der Waals surface area contributed by atoms with Crippen molar-refractivity contribution >= 4 is 5.69 Å². The molecule has 1 unspecified atom stereocenters. The lowest BCUT2D eigenvalue weighted by atomic mass is 10.1. The number of rotatable bonds is 6. The molecular weight excluding hydrogens is 210 g/mol. The molecule has 0 aliphatic rings. The lowest BCUT2D eigenvalue weighted by Crippen LogP contribution is -2.26. The predicted molar refractivity (Wildman–Crippen MR) is 72.0 cm³/mol. The topological polar surface area (TPSA) is 39.1 Å². The minimum absolute atomic E-state index is 0.322. The molecule has 0 amide bonds. The maximum absolute atomic E-state index is 8.69. The van der Waals surface area contributed by atoms with Gasteiger partial charge in [0.1, 0.15) is 0 Å². The number of hydrogen-bond acceptors (Lipinski definition) is 3. The van der Waals surface area contributed by atoms with Crippen LogP contribution in [0.5, 0.6) is 0 Å². The highest BCUT2D eigenvalue weighted by molar-refractivity contribution is 5.54. The van der Waals surface area contributed by atoms with Crippen LogP contribution in [0.4, 0.5) is 5.69 Å². The molecule has 0 aliphatic carbocycles. The number of benzene rings is 1. The molecule has 92 valence electrons. The van der Waals surface area contributed by atoms with Gasteiger partial charge < -0.3 is 10.2 Å². The molecule has 0 bridgehead atoms. The van der Waals surface area contributed by atoms with Crippen LogP contribution in [-0.2, 0) is 0 Å². The Balaban J connectivity index is 2.98. The predicted octanol–water partition coefficient (Wildman–Crippen LogP) is 2.71. The molecule has 0 aromatic heterocycles. The van der Waals surface area contributed by atoms with Crippen molar-refractivity contribution in [3.05, 3.63) is 29.8 Å². The van der Waals surface area contributed by atoms with Crippen molar-refractivity contribution in [2.45, 2.75) is 26.3 Å². The van der Waals surface area contributed by atoms with Crippen LogP contribution in [0.2, 0.25) is 0 Å². The van der Waals surface area contributed by atoms with Gasteiger partial charge in [0.25, 0.3) is 0 Å². The Morgan fingerprint density at radius 3 is 2.71 bits per heavy atom. The van der Waals surface area contributed by atoms with Crippen molar-refractivity contribution in [1.29, 1.82) is 5.26 Å². The van der Waals surface area contributed by atoms with Gasteiger partial charge >= 0.3 is 0 Å². The Bertz CT molecular complexity index is 381. The summed E-state index contributed by atoms with van der Waals surface area (Å²) in [5.74, 6) is 0. The Morgan fingerprint density at radius 1 is 1.41 bits per heavy atom. The molecule has 0 saturated carbocycles. The summed E-state index contributed by atoms with van der Waals surface area (Å²) < 4.78 is 0. The van der Waals surface area contributed by atoms with Crippen molar-refractivity contribution in [3.63, 3.8) is 0 Å². The molecule has 3 nitrogen and oxygen atoms in total. The highest BCUT2D eigenvalue weighted by Crippen LogP contribution is 2.25. The van der Waals surface area contributed by atoms with E-state index in [1.807, 2.05) is 7.05 Å². The molecule has 0 aliphatic heterocycles. The highest BCUT2D eigenvalue weighted by Gasteiger charge is 2.12. The van der Waals surface area contributed by atoms with Crippen molar-refractivity contribution in [3.8, 4) is 6.07 Å². The zero-order valence-corrected chi connectivity index (χ0v) is 10.9. The molecule has 1 N–H and O–H groups in total.